The van der Waals surface area contributed by atoms with Gasteiger partial charge in [-0.05, 0) is 63.1 Å². The first-order chi connectivity index (χ1) is 15.2. The summed E-state index contributed by atoms with van der Waals surface area (Å²) in [4.78, 5) is 15.0. The van der Waals surface area contributed by atoms with Crippen LogP contribution in [0.15, 0.2) is 61.2 Å². The van der Waals surface area contributed by atoms with Gasteiger partial charge in [0.05, 0.1) is 0 Å². The lowest BCUT2D eigenvalue weighted by Crippen LogP contribution is -2.45. The van der Waals surface area contributed by atoms with Crippen molar-refractivity contribution in [3.63, 3.8) is 0 Å². The molecule has 32 heavy (non-hydrogen) atoms. The van der Waals surface area contributed by atoms with Gasteiger partial charge in [-0.15, -0.1) is 0 Å². The predicted octanol–water partition coefficient (Wildman–Crippen LogP) is 5.12. The first kappa shape index (κ1) is 24.1. The van der Waals surface area contributed by atoms with Crippen LogP contribution in [-0.2, 0) is 0 Å². The van der Waals surface area contributed by atoms with Crippen molar-refractivity contribution in [1.29, 1.82) is 0 Å². The molecule has 4 N–H and O–H groups in total. The number of carbonyl (C=O) groups excluding carboxylic acids is 1. The van der Waals surface area contributed by atoms with Crippen LogP contribution in [0, 0.1) is 6.92 Å². The van der Waals surface area contributed by atoms with E-state index in [0.717, 1.165) is 38.5 Å². The molecule has 0 bridgehead atoms. The van der Waals surface area contributed by atoms with Gasteiger partial charge in [-0.3, -0.25) is 10.5 Å². The van der Waals surface area contributed by atoms with Gasteiger partial charge < -0.3 is 10.6 Å². The summed E-state index contributed by atoms with van der Waals surface area (Å²) in [6.07, 6.45) is 5.79. The van der Waals surface area contributed by atoms with E-state index in [1.807, 2.05) is 23.1 Å². The van der Waals surface area contributed by atoms with Crippen LogP contribution in [0.3, 0.4) is 0 Å². The molecule has 2 aromatic rings. The topological polar surface area (TPSA) is 72.3 Å². The Labute approximate surface area is 189 Å². The normalized spacial score (nSPS) is 20.7. The maximum absolute atomic E-state index is 13.2. The summed E-state index contributed by atoms with van der Waals surface area (Å²) in [7, 11) is 0. The lowest BCUT2D eigenvalue weighted by atomic mass is 9.90. The summed E-state index contributed by atoms with van der Waals surface area (Å²) >= 11 is 0. The predicted molar refractivity (Wildman–Crippen MR) is 125 cm³/mol. The number of nitrogens with zero attached hydrogens (tertiary/aromatic N) is 1. The van der Waals surface area contributed by atoms with Crippen LogP contribution in [0.5, 0.6) is 0 Å². The number of benzene rings is 2. The Kier molecular flexibility index (Phi) is 7.80. The number of amides is 1. The SMILES string of the molecule is C=C(c1ccc(C(=O)N(C2CCC(N)CC2)C2CC2)cc1)C(N)(F)F.Cc1ccccc1. The summed E-state index contributed by atoms with van der Waals surface area (Å²) < 4.78 is 26.3. The molecular formula is C26H33F2N3O. The van der Waals surface area contributed by atoms with Crippen molar-refractivity contribution in [3.05, 3.63) is 77.9 Å². The second kappa shape index (κ2) is 10.4. The van der Waals surface area contributed by atoms with E-state index in [1.165, 1.54) is 17.7 Å². The minimum absolute atomic E-state index is 0.0281. The highest BCUT2D eigenvalue weighted by Gasteiger charge is 2.39. The van der Waals surface area contributed by atoms with Gasteiger partial charge in [-0.2, -0.15) is 8.78 Å². The van der Waals surface area contributed by atoms with Gasteiger partial charge >= 0.3 is 6.05 Å². The van der Waals surface area contributed by atoms with Gasteiger partial charge in [0, 0.05) is 29.3 Å². The van der Waals surface area contributed by atoms with Crippen molar-refractivity contribution in [1.82, 2.24) is 4.90 Å². The van der Waals surface area contributed by atoms with E-state index in [2.05, 4.69) is 25.6 Å². The van der Waals surface area contributed by atoms with Crippen LogP contribution in [-0.4, -0.2) is 35.0 Å². The third kappa shape index (κ3) is 6.47. The second-order valence-electron chi connectivity index (χ2n) is 8.85. The molecule has 4 rings (SSSR count). The maximum atomic E-state index is 13.2. The summed E-state index contributed by atoms with van der Waals surface area (Å²) in [5.41, 5.74) is 12.4. The molecule has 6 heteroatoms. The van der Waals surface area contributed by atoms with Crippen molar-refractivity contribution in [2.75, 3.05) is 0 Å². The molecule has 2 fully saturated rings. The fourth-order valence-corrected chi connectivity index (χ4v) is 4.05. The molecule has 0 radical (unpaired) electrons. The van der Waals surface area contributed by atoms with Gasteiger partial charge in [-0.25, -0.2) is 0 Å². The minimum atomic E-state index is -3.47. The quantitative estimate of drug-likeness (QED) is 0.633. The lowest BCUT2D eigenvalue weighted by Gasteiger charge is -2.36. The molecule has 2 aromatic carbocycles. The number of alkyl halides is 2. The minimum Gasteiger partial charge on any atom is -0.333 e. The second-order valence-corrected chi connectivity index (χ2v) is 8.85. The molecular weight excluding hydrogens is 408 g/mol. The van der Waals surface area contributed by atoms with E-state index < -0.39 is 11.6 Å². The number of rotatable bonds is 5. The Balaban J connectivity index is 0.000000352. The van der Waals surface area contributed by atoms with Gasteiger partial charge in [0.15, 0.2) is 0 Å². The maximum Gasteiger partial charge on any atom is 0.326 e. The van der Waals surface area contributed by atoms with Crippen molar-refractivity contribution in [2.24, 2.45) is 11.5 Å². The summed E-state index contributed by atoms with van der Waals surface area (Å²) in [5, 5.41) is 0. The van der Waals surface area contributed by atoms with Gasteiger partial charge in [0.25, 0.3) is 5.91 Å². The molecule has 0 atom stereocenters. The summed E-state index contributed by atoms with van der Waals surface area (Å²) in [6.45, 7) is 5.43. The summed E-state index contributed by atoms with van der Waals surface area (Å²) in [5.74, 6) is -0.0281. The first-order valence-corrected chi connectivity index (χ1v) is 11.2. The zero-order valence-corrected chi connectivity index (χ0v) is 18.6. The van der Waals surface area contributed by atoms with Crippen LogP contribution in [0.2, 0.25) is 0 Å². The van der Waals surface area contributed by atoms with E-state index in [-0.39, 0.29) is 23.6 Å². The number of hydrogen-bond donors (Lipinski definition) is 2. The Hall–Kier alpha value is -2.57. The van der Waals surface area contributed by atoms with Crippen LogP contribution in [0.25, 0.3) is 5.57 Å². The third-order valence-corrected chi connectivity index (χ3v) is 6.13. The molecule has 2 aliphatic carbocycles. The van der Waals surface area contributed by atoms with Crippen molar-refractivity contribution in [2.45, 2.75) is 69.6 Å². The van der Waals surface area contributed by atoms with Crippen LogP contribution >= 0.6 is 0 Å². The molecule has 0 spiro atoms. The molecule has 0 saturated heterocycles. The molecule has 172 valence electrons. The number of hydrogen-bond acceptors (Lipinski definition) is 3. The van der Waals surface area contributed by atoms with Gasteiger partial charge in [0.2, 0.25) is 0 Å². The molecule has 2 aliphatic rings. The van der Waals surface area contributed by atoms with Gasteiger partial charge in [0.1, 0.15) is 0 Å². The molecule has 0 unspecified atom stereocenters. The molecule has 1 amide bonds. The van der Waals surface area contributed by atoms with Crippen molar-refractivity contribution >= 4 is 11.5 Å². The molecule has 0 aliphatic heterocycles. The van der Waals surface area contributed by atoms with Gasteiger partial charge in [-0.1, -0.05) is 54.6 Å². The number of nitrogens with two attached hydrogens (primary N) is 2. The van der Waals surface area contributed by atoms with Crippen LogP contribution in [0.1, 0.15) is 60.0 Å². The first-order valence-electron chi connectivity index (χ1n) is 11.2. The smallest absolute Gasteiger partial charge is 0.326 e. The molecule has 4 nitrogen and oxygen atoms in total. The number of aryl methyl sites for hydroxylation is 1. The van der Waals surface area contributed by atoms with E-state index in [1.54, 1.807) is 12.1 Å². The van der Waals surface area contributed by atoms with Crippen molar-refractivity contribution < 1.29 is 13.6 Å². The Morgan fingerprint density at radius 1 is 0.906 bits per heavy atom. The zero-order chi connectivity index (χ0) is 23.3. The largest absolute Gasteiger partial charge is 0.333 e. The fraction of sp³-hybridized carbons (Fsp3) is 0.423. The fourth-order valence-electron chi connectivity index (χ4n) is 4.05. The molecule has 2 saturated carbocycles. The highest BCUT2D eigenvalue weighted by molar-refractivity contribution is 5.95. The highest BCUT2D eigenvalue weighted by atomic mass is 19.3. The van der Waals surface area contributed by atoms with E-state index in [0.29, 0.717) is 11.6 Å². The number of halogens is 2. The molecule has 0 aromatic heterocycles. The Morgan fingerprint density at radius 3 is 1.78 bits per heavy atom. The lowest BCUT2D eigenvalue weighted by molar-refractivity contribution is 0.0606. The number of carbonyl (C=O) groups is 1. The Morgan fingerprint density at radius 2 is 1.38 bits per heavy atom. The monoisotopic (exact) mass is 441 g/mol. The standard InChI is InChI=1S/C19H25F2N3O.C7H8/c1-12(19(20,21)23)13-2-4-14(5-3-13)18(25)24(17-10-11-17)16-8-6-15(22)7-9-16;1-7-5-3-2-4-6-7/h2-5,15-17H,1,6-11,22-23H2;2-6H,1H3. The van der Waals surface area contributed by atoms with E-state index in [4.69, 9.17) is 11.5 Å². The van der Waals surface area contributed by atoms with Crippen molar-refractivity contribution in [3.8, 4) is 0 Å². The Bertz CT molecular complexity index is 897. The molecule has 0 heterocycles. The van der Waals surface area contributed by atoms with Crippen LogP contribution in [0.4, 0.5) is 8.78 Å². The summed E-state index contributed by atoms with van der Waals surface area (Å²) in [6, 6.07) is 13.7. The van der Waals surface area contributed by atoms with E-state index in [9.17, 15) is 13.6 Å². The highest BCUT2D eigenvalue weighted by Crippen LogP contribution is 2.35. The third-order valence-electron chi connectivity index (χ3n) is 6.13. The zero-order valence-electron chi connectivity index (χ0n) is 18.6. The average Bonchev–Trinajstić information content (AvgIpc) is 3.60. The van der Waals surface area contributed by atoms with E-state index >= 15 is 0 Å². The average molecular weight is 442 g/mol. The van der Waals surface area contributed by atoms with Crippen LogP contribution < -0.4 is 11.5 Å².